The van der Waals surface area contributed by atoms with Crippen LogP contribution in [0.25, 0.3) is 0 Å². The summed E-state index contributed by atoms with van der Waals surface area (Å²) in [5, 5.41) is 11.6. The highest BCUT2D eigenvalue weighted by Gasteiger charge is 2.41. The van der Waals surface area contributed by atoms with Gasteiger partial charge in [0.05, 0.1) is 47.7 Å². The minimum Gasteiger partial charge on any atom is -0.453 e. The van der Waals surface area contributed by atoms with Crippen LogP contribution in [-0.2, 0) is 14.7 Å². The molecular weight excluding hydrogens is 535 g/mol. The van der Waals surface area contributed by atoms with Crippen LogP contribution in [0.1, 0.15) is 13.3 Å². The molecule has 0 radical (unpaired) electrons. The minimum absolute atomic E-state index is 0.0548. The molecule has 0 spiro atoms. The van der Waals surface area contributed by atoms with E-state index >= 15 is 0 Å². The van der Waals surface area contributed by atoms with Gasteiger partial charge in [-0.25, -0.2) is 13.3 Å². The maximum absolute atomic E-state index is 14.1. The molecule has 0 saturated carbocycles. The minimum atomic E-state index is -4.84. The van der Waals surface area contributed by atoms with Crippen molar-refractivity contribution >= 4 is 21.3 Å². The molecule has 1 unspecified atom stereocenters. The zero-order valence-corrected chi connectivity index (χ0v) is 21.8. The van der Waals surface area contributed by atoms with Gasteiger partial charge in [0.15, 0.2) is 11.5 Å². The zero-order chi connectivity index (χ0) is 27.6. The Labute approximate surface area is 224 Å². The fraction of sp³-hybridized carbons (Fsp3) is 0.333. The van der Waals surface area contributed by atoms with Gasteiger partial charge in [-0.05, 0) is 55.0 Å². The van der Waals surface area contributed by atoms with Crippen LogP contribution in [-0.4, -0.2) is 53.6 Å². The molecule has 0 bridgehead atoms. The number of hydrogen-bond acceptors (Lipinski definition) is 7. The second kappa shape index (κ2) is 11.0. The molecule has 2 aliphatic rings. The van der Waals surface area contributed by atoms with E-state index in [1.807, 2.05) is 60.4 Å². The molecule has 3 aromatic carbocycles. The number of alkyl halides is 3. The Morgan fingerprint density at radius 3 is 2.23 bits per heavy atom. The highest BCUT2D eigenvalue weighted by atomic mass is 32.2. The number of aliphatic hydroxyl groups is 1. The highest BCUT2D eigenvalue weighted by molar-refractivity contribution is 7.91. The summed E-state index contributed by atoms with van der Waals surface area (Å²) in [6.45, 7) is 2.35. The van der Waals surface area contributed by atoms with Crippen molar-refractivity contribution in [2.45, 2.75) is 42.8 Å². The second-order valence-electron chi connectivity index (χ2n) is 9.13. The molecule has 39 heavy (non-hydrogen) atoms. The van der Waals surface area contributed by atoms with Gasteiger partial charge in [0, 0.05) is 6.54 Å². The molecule has 8 nitrogen and oxygen atoms in total. The van der Waals surface area contributed by atoms with E-state index in [4.69, 9.17) is 9.47 Å². The first-order valence-corrected chi connectivity index (χ1v) is 14.0. The quantitative estimate of drug-likeness (QED) is 0.400. The van der Waals surface area contributed by atoms with Crippen LogP contribution < -0.4 is 19.1 Å². The number of fused-ring (bicyclic) bond motifs is 2. The van der Waals surface area contributed by atoms with E-state index in [-0.39, 0.29) is 24.7 Å². The summed E-state index contributed by atoms with van der Waals surface area (Å²) >= 11 is 0. The second-order valence-corrected chi connectivity index (χ2v) is 11.1. The van der Waals surface area contributed by atoms with Crippen LogP contribution in [0.3, 0.4) is 0 Å². The summed E-state index contributed by atoms with van der Waals surface area (Å²) in [5.74, 6) is 0.817. The monoisotopic (exact) mass is 563 g/mol. The van der Waals surface area contributed by atoms with Crippen LogP contribution in [0.2, 0.25) is 0 Å². The third-order valence-electron chi connectivity index (χ3n) is 6.38. The summed E-state index contributed by atoms with van der Waals surface area (Å²) < 4.78 is 75.1. The molecule has 2 N–H and O–H groups in total. The number of halogens is 3. The van der Waals surface area contributed by atoms with Gasteiger partial charge in [0.1, 0.15) is 15.7 Å². The van der Waals surface area contributed by atoms with E-state index in [1.165, 1.54) is 12.1 Å². The Balaban J connectivity index is 1.45. The first-order valence-electron chi connectivity index (χ1n) is 12.5. The number of nitrogens with one attached hydrogen (secondary N) is 1. The van der Waals surface area contributed by atoms with E-state index in [0.717, 1.165) is 23.5 Å². The molecule has 0 amide bonds. The SMILES string of the molecule is CCCN=S(=O)(N[C@@H]1COC[C@@H](N2c3ccccc3Oc3ccccc32)[C@H]1O)c1ccc(OC(F)(F)F)cc1. The van der Waals surface area contributed by atoms with Crippen molar-refractivity contribution in [2.24, 2.45) is 4.36 Å². The lowest BCUT2D eigenvalue weighted by atomic mass is 9.98. The van der Waals surface area contributed by atoms with Crippen LogP contribution in [0.15, 0.2) is 82.1 Å². The molecule has 2 heterocycles. The number of para-hydroxylation sites is 4. The predicted molar refractivity (Wildman–Crippen MR) is 140 cm³/mol. The highest BCUT2D eigenvalue weighted by Crippen LogP contribution is 2.48. The maximum atomic E-state index is 14.1. The Kier molecular flexibility index (Phi) is 7.72. The van der Waals surface area contributed by atoms with Gasteiger partial charge in [0.2, 0.25) is 0 Å². The van der Waals surface area contributed by atoms with Crippen LogP contribution in [0, 0.1) is 0 Å². The third-order valence-corrected chi connectivity index (χ3v) is 8.46. The molecule has 1 saturated heterocycles. The van der Waals surface area contributed by atoms with E-state index in [1.54, 1.807) is 0 Å². The number of ether oxygens (including phenoxy) is 3. The van der Waals surface area contributed by atoms with Gasteiger partial charge in [-0.1, -0.05) is 31.2 Å². The van der Waals surface area contributed by atoms with Crippen molar-refractivity contribution in [3.05, 3.63) is 72.8 Å². The number of aliphatic hydroxyl groups excluding tert-OH is 1. The van der Waals surface area contributed by atoms with Crippen LogP contribution in [0.4, 0.5) is 24.5 Å². The topological polar surface area (TPSA) is 92.6 Å². The largest absolute Gasteiger partial charge is 0.573 e. The molecule has 12 heteroatoms. The van der Waals surface area contributed by atoms with E-state index in [0.29, 0.717) is 17.9 Å². The number of nitrogens with zero attached hydrogens (tertiary/aromatic N) is 2. The van der Waals surface area contributed by atoms with Crippen molar-refractivity contribution < 1.29 is 36.7 Å². The zero-order valence-electron chi connectivity index (χ0n) is 21.0. The van der Waals surface area contributed by atoms with Gasteiger partial charge in [-0.15, -0.1) is 13.2 Å². The number of benzene rings is 3. The van der Waals surface area contributed by atoms with Gasteiger partial charge in [-0.2, -0.15) is 0 Å². The van der Waals surface area contributed by atoms with E-state index in [9.17, 15) is 22.5 Å². The molecule has 2 aliphatic heterocycles. The van der Waals surface area contributed by atoms with Crippen LogP contribution in [0.5, 0.6) is 17.2 Å². The van der Waals surface area contributed by atoms with Crippen molar-refractivity contribution in [1.29, 1.82) is 0 Å². The molecule has 3 aromatic rings. The molecule has 0 aromatic heterocycles. The molecule has 4 atom stereocenters. The molecule has 1 fully saturated rings. The fourth-order valence-electron chi connectivity index (χ4n) is 4.63. The lowest BCUT2D eigenvalue weighted by molar-refractivity contribution is -0.274. The smallest absolute Gasteiger partial charge is 0.453 e. The van der Waals surface area contributed by atoms with E-state index in [2.05, 4.69) is 13.8 Å². The lowest BCUT2D eigenvalue weighted by Crippen LogP contribution is -2.60. The maximum Gasteiger partial charge on any atom is 0.573 e. The average molecular weight is 564 g/mol. The first kappa shape index (κ1) is 27.3. The normalized spacial score (nSPS) is 22.2. The number of hydrogen-bond donors (Lipinski definition) is 2. The van der Waals surface area contributed by atoms with Crippen molar-refractivity contribution in [2.75, 3.05) is 24.7 Å². The molecular formula is C27H28F3N3O5S. The fourth-order valence-corrected chi connectivity index (χ4v) is 6.56. The summed E-state index contributed by atoms with van der Waals surface area (Å²) in [6.07, 6.45) is -5.30. The Morgan fingerprint density at radius 1 is 1.03 bits per heavy atom. The van der Waals surface area contributed by atoms with E-state index < -0.39 is 40.2 Å². The summed E-state index contributed by atoms with van der Waals surface area (Å²) in [5.41, 5.74) is 1.50. The van der Waals surface area contributed by atoms with Crippen LogP contribution >= 0.6 is 0 Å². The number of rotatable bonds is 7. The van der Waals surface area contributed by atoms with Gasteiger partial charge in [0.25, 0.3) is 0 Å². The number of anilines is 2. The van der Waals surface area contributed by atoms with Crippen molar-refractivity contribution in [3.8, 4) is 17.2 Å². The van der Waals surface area contributed by atoms with Gasteiger partial charge >= 0.3 is 6.36 Å². The third kappa shape index (κ3) is 5.83. The first-order chi connectivity index (χ1) is 18.7. The van der Waals surface area contributed by atoms with Crippen molar-refractivity contribution in [3.63, 3.8) is 0 Å². The van der Waals surface area contributed by atoms with Crippen molar-refractivity contribution in [1.82, 2.24) is 4.72 Å². The standard InChI is InChI=1S/C27H28F3N3O5S/c1-2-15-31-39(35,19-13-11-18(12-14-19)38-27(28,29)30)32-20-16-36-17-23(26(20)34)33-21-7-3-5-9-24(21)37-25-10-6-4-8-22(25)33/h3-14,20,23,26,34H,2,15-17H2,1H3,(H,31,32,35)/t20-,23-,26+,39?/m1/s1. The average Bonchev–Trinajstić information content (AvgIpc) is 2.91. The molecule has 5 rings (SSSR count). The predicted octanol–water partition coefficient (Wildman–Crippen LogP) is 5.40. The summed E-state index contributed by atoms with van der Waals surface area (Å²) in [6, 6.07) is 18.3. The Hall–Kier alpha value is -3.32. The Morgan fingerprint density at radius 2 is 1.64 bits per heavy atom. The van der Waals surface area contributed by atoms with Gasteiger partial charge in [-0.3, -0.25) is 0 Å². The van der Waals surface area contributed by atoms with Gasteiger partial charge < -0.3 is 24.2 Å². The summed E-state index contributed by atoms with van der Waals surface area (Å²) in [4.78, 5) is 2.13. The molecule has 208 valence electrons. The lowest BCUT2D eigenvalue weighted by Gasteiger charge is -2.44. The summed E-state index contributed by atoms with van der Waals surface area (Å²) in [7, 11) is -3.34. The molecule has 0 aliphatic carbocycles. The Bertz CT molecular complexity index is 1380.